The van der Waals surface area contributed by atoms with Crippen LogP contribution in [-0.4, -0.2) is 58.2 Å². The summed E-state index contributed by atoms with van der Waals surface area (Å²) < 4.78 is 2.16. The fourth-order valence-electron chi connectivity index (χ4n) is 4.55. The van der Waals surface area contributed by atoms with Gasteiger partial charge in [0.2, 0.25) is 0 Å². The fraction of sp³-hybridized carbons (Fsp3) is 0.207. The van der Waals surface area contributed by atoms with E-state index in [1.165, 1.54) is 4.57 Å². The van der Waals surface area contributed by atoms with Gasteiger partial charge in [0.1, 0.15) is 5.69 Å². The predicted molar refractivity (Wildman–Crippen MR) is 144 cm³/mol. The summed E-state index contributed by atoms with van der Waals surface area (Å²) in [7, 11) is 0. The van der Waals surface area contributed by atoms with E-state index in [0.29, 0.717) is 59.3 Å². The smallest absolute Gasteiger partial charge is 0.344 e. The molecule has 0 unspecified atom stereocenters. The zero-order chi connectivity index (χ0) is 25.8. The lowest BCUT2D eigenvalue weighted by molar-refractivity contribution is -0.706. The number of anilines is 1. The number of aryl methyl sites for hydroxylation is 1. The normalized spacial score (nSPS) is 14.1. The molecule has 1 saturated heterocycles. The van der Waals surface area contributed by atoms with Crippen LogP contribution in [0, 0.1) is 6.92 Å². The van der Waals surface area contributed by atoms with Gasteiger partial charge in [-0.1, -0.05) is 73.3 Å². The van der Waals surface area contributed by atoms with Crippen molar-refractivity contribution in [1.82, 2.24) is 9.47 Å². The number of nitrogens with zero attached hydrogens (tertiary/aromatic N) is 4. The first-order chi connectivity index (χ1) is 17.3. The molecule has 1 aromatic heterocycles. The van der Waals surface area contributed by atoms with Gasteiger partial charge in [0.15, 0.2) is 6.72 Å². The van der Waals surface area contributed by atoms with E-state index in [-0.39, 0.29) is 11.6 Å². The molecule has 0 radical (unpaired) electrons. The Kier molecular flexibility index (Phi) is 7.20. The number of hydrogen-bond donors (Lipinski definition) is 1. The summed E-state index contributed by atoms with van der Waals surface area (Å²) >= 11 is 0. The van der Waals surface area contributed by atoms with Crippen LogP contribution in [0.4, 0.5) is 11.4 Å². The molecule has 0 bridgehead atoms. The molecular weight excluding hydrogens is 452 g/mol. The molecule has 1 aliphatic rings. The van der Waals surface area contributed by atoms with Crippen LogP contribution < -0.4 is 21.0 Å². The highest BCUT2D eigenvalue weighted by molar-refractivity contribution is 5.94. The predicted octanol–water partition coefficient (Wildman–Crippen LogP) is 2.28. The van der Waals surface area contributed by atoms with Gasteiger partial charge in [-0.05, 0) is 24.6 Å². The molecule has 1 fully saturated rings. The lowest BCUT2D eigenvalue weighted by atomic mass is 10.1. The van der Waals surface area contributed by atoms with Gasteiger partial charge in [0.25, 0.3) is 5.91 Å². The van der Waals surface area contributed by atoms with Gasteiger partial charge >= 0.3 is 11.2 Å². The number of hydrogen-bond acceptors (Lipinski definition) is 4. The number of allylic oxidation sites excluding steroid dienone is 1. The van der Waals surface area contributed by atoms with E-state index in [2.05, 4.69) is 19.9 Å². The second kappa shape index (κ2) is 10.5. The van der Waals surface area contributed by atoms with E-state index >= 15 is 0 Å². The van der Waals surface area contributed by atoms with Crippen molar-refractivity contribution in [2.45, 2.75) is 13.5 Å². The third-order valence-electron chi connectivity index (χ3n) is 6.47. The number of amides is 1. The summed E-state index contributed by atoms with van der Waals surface area (Å²) in [6, 6.07) is 17.1. The van der Waals surface area contributed by atoms with Crippen LogP contribution in [0.2, 0.25) is 0 Å². The van der Waals surface area contributed by atoms with E-state index < -0.39 is 5.56 Å². The third-order valence-corrected chi connectivity index (χ3v) is 6.47. The van der Waals surface area contributed by atoms with Crippen molar-refractivity contribution in [2.24, 2.45) is 0 Å². The number of carbonyl (C=O) groups excluding carboxylic acids is 1. The maximum absolute atomic E-state index is 13.6. The Morgan fingerprint density at radius 1 is 1.06 bits per heavy atom. The van der Waals surface area contributed by atoms with Crippen LogP contribution in [0.3, 0.4) is 0 Å². The fourth-order valence-corrected chi connectivity index (χ4v) is 4.55. The standard InChI is InChI=1S/C29H31N4O3/c1-5-9-25-22(3)33(20-23-10-7-6-8-11-23)29(35)27(30(4)36)26(25)31-16-18-32(19-17-31)28(34)24-14-12-21(2)13-15-24/h5-15,36H,1,3-4,16-20H2,2H3/q+1/b25-9+. The molecule has 0 spiro atoms. The second-order valence-electron chi connectivity index (χ2n) is 8.88. The number of piperazine rings is 1. The van der Waals surface area contributed by atoms with Crippen LogP contribution in [0.1, 0.15) is 21.5 Å². The maximum Gasteiger partial charge on any atom is 0.344 e. The topological polar surface area (TPSA) is 68.8 Å². The minimum absolute atomic E-state index is 0.0233. The molecule has 1 aliphatic heterocycles. The molecule has 36 heavy (non-hydrogen) atoms. The van der Waals surface area contributed by atoms with Gasteiger partial charge in [0.05, 0.1) is 6.54 Å². The SMILES string of the molecule is C=C/C=c1/c(N2CCN(C(=O)c3ccc(C)cc3)CC2)c([N+](=C)O)c(=O)n(Cc2ccccc2)c1=C. The lowest BCUT2D eigenvalue weighted by Crippen LogP contribution is -2.53. The molecule has 3 aromatic rings. The van der Waals surface area contributed by atoms with Crippen molar-refractivity contribution >= 4 is 36.7 Å². The lowest BCUT2D eigenvalue weighted by Gasteiger charge is -2.36. The van der Waals surface area contributed by atoms with Crippen molar-refractivity contribution < 1.29 is 14.7 Å². The van der Waals surface area contributed by atoms with Gasteiger partial charge in [-0.15, -0.1) is 0 Å². The molecule has 1 N–H and O–H groups in total. The highest BCUT2D eigenvalue weighted by atomic mass is 16.5. The second-order valence-corrected chi connectivity index (χ2v) is 8.88. The van der Waals surface area contributed by atoms with Crippen molar-refractivity contribution in [2.75, 3.05) is 31.1 Å². The maximum atomic E-state index is 13.6. The molecular formula is C29H31N4O3+. The monoisotopic (exact) mass is 483 g/mol. The zero-order valence-electron chi connectivity index (χ0n) is 20.6. The average molecular weight is 484 g/mol. The first-order valence-electron chi connectivity index (χ1n) is 11.8. The minimum atomic E-state index is -0.393. The average Bonchev–Trinajstić information content (AvgIpc) is 2.88. The number of carbonyl (C=O) groups is 1. The van der Waals surface area contributed by atoms with Crippen molar-refractivity contribution in [3.05, 3.63) is 105 Å². The summed E-state index contributed by atoms with van der Waals surface area (Å²) in [4.78, 5) is 30.4. The summed E-state index contributed by atoms with van der Waals surface area (Å²) in [5, 5.41) is 11.7. The van der Waals surface area contributed by atoms with Crippen LogP contribution in [0.25, 0.3) is 12.7 Å². The molecule has 2 aromatic carbocycles. The third kappa shape index (κ3) is 4.86. The number of pyridine rings is 1. The first-order valence-corrected chi connectivity index (χ1v) is 11.8. The Morgan fingerprint density at radius 2 is 1.69 bits per heavy atom. The largest absolute Gasteiger partial charge is 0.362 e. The van der Waals surface area contributed by atoms with Crippen molar-refractivity contribution in [1.29, 1.82) is 0 Å². The summed E-state index contributed by atoms with van der Waals surface area (Å²) in [6.07, 6.45) is 3.42. The Bertz CT molecular complexity index is 1470. The highest BCUT2D eigenvalue weighted by Crippen LogP contribution is 2.21. The molecule has 2 heterocycles. The summed E-state index contributed by atoms with van der Waals surface area (Å²) in [5.41, 5.74) is 2.89. The molecule has 4 rings (SSSR count). The number of benzene rings is 2. The highest BCUT2D eigenvalue weighted by Gasteiger charge is 2.31. The van der Waals surface area contributed by atoms with Gasteiger partial charge in [-0.25, -0.2) is 0 Å². The van der Waals surface area contributed by atoms with Crippen LogP contribution in [0.15, 0.2) is 72.0 Å². The zero-order valence-corrected chi connectivity index (χ0v) is 20.6. The first kappa shape index (κ1) is 24.7. The van der Waals surface area contributed by atoms with Crippen molar-refractivity contribution in [3.8, 4) is 0 Å². The van der Waals surface area contributed by atoms with Gasteiger partial charge < -0.3 is 9.80 Å². The van der Waals surface area contributed by atoms with E-state index in [9.17, 15) is 14.8 Å². The van der Waals surface area contributed by atoms with Gasteiger partial charge in [-0.3, -0.25) is 19.4 Å². The van der Waals surface area contributed by atoms with E-state index in [1.54, 1.807) is 17.1 Å². The number of aromatic nitrogens is 1. The summed E-state index contributed by atoms with van der Waals surface area (Å²) in [6.45, 7) is 15.9. The molecule has 1 amide bonds. The van der Waals surface area contributed by atoms with Crippen LogP contribution in [0.5, 0.6) is 0 Å². The van der Waals surface area contributed by atoms with E-state index in [1.807, 2.05) is 66.4 Å². The molecule has 0 atom stereocenters. The molecule has 7 nitrogen and oxygen atoms in total. The molecule has 0 aliphatic carbocycles. The minimum Gasteiger partial charge on any atom is -0.362 e. The van der Waals surface area contributed by atoms with Gasteiger partial charge in [-0.2, -0.15) is 0 Å². The Morgan fingerprint density at radius 3 is 2.28 bits per heavy atom. The Balaban J connectivity index is 1.72. The van der Waals surface area contributed by atoms with Crippen molar-refractivity contribution in [3.63, 3.8) is 0 Å². The Labute approximate surface area is 210 Å². The van der Waals surface area contributed by atoms with E-state index in [4.69, 9.17) is 0 Å². The van der Waals surface area contributed by atoms with Crippen LogP contribution in [-0.2, 0) is 6.54 Å². The Hall–Kier alpha value is -4.39. The summed E-state index contributed by atoms with van der Waals surface area (Å²) in [5.74, 6) is -0.0233. The van der Waals surface area contributed by atoms with Gasteiger partial charge in [0, 0.05) is 47.0 Å². The number of rotatable bonds is 6. The van der Waals surface area contributed by atoms with Crippen LogP contribution >= 0.6 is 0 Å². The molecule has 7 heteroatoms. The quantitative estimate of drug-likeness (QED) is 0.253. The van der Waals surface area contributed by atoms with E-state index in [0.717, 1.165) is 11.1 Å². The molecule has 184 valence electrons. The molecule has 0 saturated carbocycles.